The van der Waals surface area contributed by atoms with Crippen LogP contribution in [0.4, 0.5) is 0 Å². The lowest BCUT2D eigenvalue weighted by Gasteiger charge is -2.34. The van der Waals surface area contributed by atoms with E-state index >= 15 is 0 Å². The first kappa shape index (κ1) is 15.7. The summed E-state index contributed by atoms with van der Waals surface area (Å²) in [6, 6.07) is 0. The molecule has 0 aliphatic carbocycles. The molecular weight excluding hydrogens is 224 g/mol. The molecule has 1 heterocycles. The fraction of sp³-hybridized carbons (Fsp3) is 0.917. The van der Waals surface area contributed by atoms with E-state index in [0.29, 0.717) is 6.54 Å². The Morgan fingerprint density at radius 1 is 1.56 bits per heavy atom. The second kappa shape index (κ2) is 7.91. The highest BCUT2D eigenvalue weighted by atomic mass is 35.5. The smallest absolute Gasteiger partial charge is 0.226 e. The van der Waals surface area contributed by atoms with Gasteiger partial charge in [0.2, 0.25) is 5.91 Å². The predicted molar refractivity (Wildman–Crippen MR) is 69.7 cm³/mol. The van der Waals surface area contributed by atoms with Gasteiger partial charge < -0.3 is 10.6 Å². The number of hydrogen-bond donors (Lipinski definition) is 1. The number of nitrogens with two attached hydrogens (primary N) is 1. The maximum atomic E-state index is 11.9. The van der Waals surface area contributed by atoms with Crippen molar-refractivity contribution in [2.75, 3.05) is 19.6 Å². The summed E-state index contributed by atoms with van der Waals surface area (Å²) in [5.41, 5.74) is 5.53. The monoisotopic (exact) mass is 248 g/mol. The molecule has 2 unspecified atom stereocenters. The van der Waals surface area contributed by atoms with Gasteiger partial charge in [0.1, 0.15) is 0 Å². The van der Waals surface area contributed by atoms with Crippen LogP contribution >= 0.6 is 12.4 Å². The first-order chi connectivity index (χ1) is 7.19. The molecule has 0 aromatic heterocycles. The molecule has 1 saturated heterocycles. The Bertz CT molecular complexity index is 209. The third-order valence-corrected chi connectivity index (χ3v) is 3.30. The van der Waals surface area contributed by atoms with Crippen LogP contribution in [0.3, 0.4) is 0 Å². The zero-order valence-electron chi connectivity index (χ0n) is 10.4. The number of hydrogen-bond acceptors (Lipinski definition) is 2. The quantitative estimate of drug-likeness (QED) is 0.828. The van der Waals surface area contributed by atoms with Crippen LogP contribution in [0.15, 0.2) is 0 Å². The topological polar surface area (TPSA) is 46.3 Å². The summed E-state index contributed by atoms with van der Waals surface area (Å²) in [6.07, 6.45) is 4.92. The minimum atomic E-state index is -0.00891. The Hall–Kier alpha value is -0.280. The lowest BCUT2D eigenvalue weighted by atomic mass is 9.93. The minimum absolute atomic E-state index is 0. The van der Waals surface area contributed by atoms with E-state index < -0.39 is 0 Å². The summed E-state index contributed by atoms with van der Waals surface area (Å²) < 4.78 is 0. The third kappa shape index (κ3) is 4.30. The molecule has 2 N–H and O–H groups in total. The highest BCUT2D eigenvalue weighted by Gasteiger charge is 2.25. The van der Waals surface area contributed by atoms with E-state index in [-0.39, 0.29) is 24.2 Å². The van der Waals surface area contributed by atoms with E-state index in [9.17, 15) is 4.79 Å². The van der Waals surface area contributed by atoms with Crippen LogP contribution in [-0.4, -0.2) is 30.4 Å². The molecule has 16 heavy (non-hydrogen) atoms. The number of nitrogens with zero attached hydrogens (tertiary/aromatic N) is 1. The molecule has 96 valence electrons. The van der Waals surface area contributed by atoms with Crippen molar-refractivity contribution in [1.82, 2.24) is 4.90 Å². The van der Waals surface area contributed by atoms with Crippen molar-refractivity contribution in [3.8, 4) is 0 Å². The average molecular weight is 249 g/mol. The summed E-state index contributed by atoms with van der Waals surface area (Å²) in [7, 11) is 0. The third-order valence-electron chi connectivity index (χ3n) is 3.30. The highest BCUT2D eigenvalue weighted by molar-refractivity contribution is 5.85. The zero-order valence-corrected chi connectivity index (χ0v) is 11.3. The SMILES string of the molecule is CCCC1CCCN(C(=O)C(C)CN)C1.Cl. The molecule has 4 heteroatoms. The molecule has 3 nitrogen and oxygen atoms in total. The van der Waals surface area contributed by atoms with Crippen molar-refractivity contribution in [3.63, 3.8) is 0 Å². The van der Waals surface area contributed by atoms with Crippen molar-refractivity contribution in [2.45, 2.75) is 39.5 Å². The van der Waals surface area contributed by atoms with E-state index in [1.165, 1.54) is 19.3 Å². The fourth-order valence-electron chi connectivity index (χ4n) is 2.32. The highest BCUT2D eigenvalue weighted by Crippen LogP contribution is 2.21. The molecular formula is C12H25ClN2O. The second-order valence-electron chi connectivity index (χ2n) is 4.72. The lowest BCUT2D eigenvalue weighted by Crippen LogP contribution is -2.43. The second-order valence-corrected chi connectivity index (χ2v) is 4.72. The minimum Gasteiger partial charge on any atom is -0.342 e. The van der Waals surface area contributed by atoms with Gasteiger partial charge in [-0.05, 0) is 25.2 Å². The number of carbonyl (C=O) groups excluding carboxylic acids is 1. The standard InChI is InChI=1S/C12H24N2O.ClH/c1-3-5-11-6-4-7-14(9-11)12(15)10(2)8-13;/h10-11H,3-9,13H2,1-2H3;1H. The van der Waals surface area contributed by atoms with Crippen LogP contribution in [0.2, 0.25) is 0 Å². The number of amides is 1. The summed E-state index contributed by atoms with van der Waals surface area (Å²) >= 11 is 0. The first-order valence-corrected chi connectivity index (χ1v) is 6.17. The summed E-state index contributed by atoms with van der Waals surface area (Å²) in [6.45, 7) is 6.49. The van der Waals surface area contributed by atoms with Gasteiger partial charge in [0.15, 0.2) is 0 Å². The first-order valence-electron chi connectivity index (χ1n) is 6.17. The fourth-order valence-corrected chi connectivity index (χ4v) is 2.32. The Morgan fingerprint density at radius 3 is 2.81 bits per heavy atom. The van der Waals surface area contributed by atoms with E-state index in [1.54, 1.807) is 0 Å². The predicted octanol–water partition coefficient (Wildman–Crippen LogP) is 2.04. The van der Waals surface area contributed by atoms with Crippen LogP contribution in [-0.2, 0) is 4.79 Å². The normalized spacial score (nSPS) is 22.4. The van der Waals surface area contributed by atoms with Gasteiger partial charge >= 0.3 is 0 Å². The van der Waals surface area contributed by atoms with Crippen LogP contribution < -0.4 is 5.73 Å². The number of likely N-dealkylation sites (tertiary alicyclic amines) is 1. The molecule has 1 aliphatic rings. The Balaban J connectivity index is 0.00000225. The Kier molecular flexibility index (Phi) is 7.77. The zero-order chi connectivity index (χ0) is 11.3. The van der Waals surface area contributed by atoms with Crippen molar-refractivity contribution in [2.24, 2.45) is 17.6 Å². The van der Waals surface area contributed by atoms with Gasteiger partial charge in [-0.1, -0.05) is 20.3 Å². The van der Waals surface area contributed by atoms with Crippen molar-refractivity contribution < 1.29 is 4.79 Å². The van der Waals surface area contributed by atoms with Crippen molar-refractivity contribution in [1.29, 1.82) is 0 Å². The Labute approximate surface area is 105 Å². The van der Waals surface area contributed by atoms with E-state index in [4.69, 9.17) is 5.73 Å². The number of piperidine rings is 1. The van der Waals surface area contributed by atoms with Crippen molar-refractivity contribution in [3.05, 3.63) is 0 Å². The molecule has 1 aliphatic heterocycles. The summed E-state index contributed by atoms with van der Waals surface area (Å²) in [5, 5.41) is 0. The molecule has 1 amide bonds. The molecule has 0 saturated carbocycles. The molecule has 2 atom stereocenters. The molecule has 0 bridgehead atoms. The molecule has 1 rings (SSSR count). The summed E-state index contributed by atoms with van der Waals surface area (Å²) in [4.78, 5) is 13.9. The summed E-state index contributed by atoms with van der Waals surface area (Å²) in [5.74, 6) is 0.960. The van der Waals surface area contributed by atoms with Crippen LogP contribution in [0.1, 0.15) is 39.5 Å². The maximum Gasteiger partial charge on any atom is 0.226 e. The number of rotatable bonds is 4. The van der Waals surface area contributed by atoms with Gasteiger partial charge in [-0.25, -0.2) is 0 Å². The van der Waals surface area contributed by atoms with Gasteiger partial charge in [-0.15, -0.1) is 12.4 Å². The molecule has 0 aromatic rings. The molecule has 0 radical (unpaired) electrons. The van der Waals surface area contributed by atoms with Gasteiger partial charge in [0.05, 0.1) is 0 Å². The van der Waals surface area contributed by atoms with Crippen LogP contribution in [0.25, 0.3) is 0 Å². The Morgan fingerprint density at radius 2 is 2.25 bits per heavy atom. The van der Waals surface area contributed by atoms with Gasteiger partial charge in [-0.3, -0.25) is 4.79 Å². The van der Waals surface area contributed by atoms with Gasteiger partial charge in [0, 0.05) is 25.6 Å². The molecule has 0 spiro atoms. The van der Waals surface area contributed by atoms with Crippen LogP contribution in [0.5, 0.6) is 0 Å². The van der Waals surface area contributed by atoms with Gasteiger partial charge in [-0.2, -0.15) is 0 Å². The van der Waals surface area contributed by atoms with E-state index in [1.807, 2.05) is 11.8 Å². The molecule has 0 aromatic carbocycles. The molecule has 1 fully saturated rings. The van der Waals surface area contributed by atoms with Crippen molar-refractivity contribution >= 4 is 18.3 Å². The van der Waals surface area contributed by atoms with E-state index in [2.05, 4.69) is 6.92 Å². The number of halogens is 1. The van der Waals surface area contributed by atoms with E-state index in [0.717, 1.165) is 25.4 Å². The number of carbonyl (C=O) groups is 1. The van der Waals surface area contributed by atoms with Gasteiger partial charge in [0.25, 0.3) is 0 Å². The average Bonchev–Trinajstić information content (AvgIpc) is 2.28. The van der Waals surface area contributed by atoms with Crippen LogP contribution in [0, 0.1) is 11.8 Å². The largest absolute Gasteiger partial charge is 0.342 e. The maximum absolute atomic E-state index is 11.9. The lowest BCUT2D eigenvalue weighted by molar-refractivity contribution is -0.136.